The fourth-order valence-electron chi connectivity index (χ4n) is 3.38. The highest BCUT2D eigenvalue weighted by molar-refractivity contribution is 5.99. The smallest absolute Gasteiger partial charge is 0.313 e. The Morgan fingerprint density at radius 3 is 2.43 bits per heavy atom. The van der Waals surface area contributed by atoms with Crippen LogP contribution in [0, 0.1) is 5.41 Å². The quantitative estimate of drug-likeness (QED) is 0.287. The van der Waals surface area contributed by atoms with Gasteiger partial charge >= 0.3 is 5.97 Å². The number of nitrogens with one attached hydrogen (secondary N) is 1. The van der Waals surface area contributed by atoms with Crippen molar-refractivity contribution < 1.29 is 14.3 Å². The molecule has 0 saturated heterocycles. The number of nitrogen functional groups attached to an aromatic ring is 1. The van der Waals surface area contributed by atoms with Crippen LogP contribution < -0.4 is 16.2 Å². The van der Waals surface area contributed by atoms with Gasteiger partial charge in [0.05, 0.1) is 12.5 Å². The molecule has 30 heavy (non-hydrogen) atoms. The van der Waals surface area contributed by atoms with E-state index in [0.29, 0.717) is 37.5 Å². The highest BCUT2D eigenvalue weighted by atomic mass is 16.5. The number of amidine groups is 1. The van der Waals surface area contributed by atoms with E-state index >= 15 is 0 Å². The summed E-state index contributed by atoms with van der Waals surface area (Å²) < 4.78 is 10.9. The van der Waals surface area contributed by atoms with Crippen LogP contribution in [0.5, 0.6) is 5.75 Å². The minimum atomic E-state index is -0.429. The van der Waals surface area contributed by atoms with Gasteiger partial charge < -0.3 is 20.9 Å². The Hall–Kier alpha value is -3.38. The molecular weight excluding hydrogens is 378 g/mol. The first-order chi connectivity index (χ1) is 14.5. The van der Waals surface area contributed by atoms with Gasteiger partial charge in [0.15, 0.2) is 0 Å². The molecule has 156 valence electrons. The van der Waals surface area contributed by atoms with E-state index in [9.17, 15) is 4.79 Å². The van der Waals surface area contributed by atoms with Crippen molar-refractivity contribution in [1.29, 1.82) is 5.41 Å². The molecule has 1 unspecified atom stereocenters. The topological polar surface area (TPSA) is 111 Å². The molecule has 0 aromatic heterocycles. The van der Waals surface area contributed by atoms with E-state index in [-0.39, 0.29) is 11.8 Å². The molecule has 5 N–H and O–H groups in total. The third-order valence-corrected chi connectivity index (χ3v) is 4.90. The molecule has 0 aliphatic carbocycles. The summed E-state index contributed by atoms with van der Waals surface area (Å²) in [7, 11) is 0. The van der Waals surface area contributed by atoms with Gasteiger partial charge in [-0.3, -0.25) is 10.2 Å². The summed E-state index contributed by atoms with van der Waals surface area (Å²) in [6.45, 7) is 3.02. The van der Waals surface area contributed by atoms with Crippen LogP contribution in [0.4, 0.5) is 0 Å². The highest BCUT2D eigenvalue weighted by Gasteiger charge is 2.23. The molecule has 3 aromatic carbocycles. The lowest BCUT2D eigenvalue weighted by Crippen LogP contribution is -2.18. The Kier molecular flexibility index (Phi) is 7.03. The summed E-state index contributed by atoms with van der Waals surface area (Å²) in [4.78, 5) is 12.7. The first kappa shape index (κ1) is 21.3. The summed E-state index contributed by atoms with van der Waals surface area (Å²) in [5.41, 5.74) is 13.6. The SMILES string of the molecule is CCOC(=O)C(Cc1ccc2ccc(C(=N)N)cc2c1)c1ccc(OCCN)cc1. The van der Waals surface area contributed by atoms with Crippen LogP contribution in [0.15, 0.2) is 60.7 Å². The molecule has 0 bridgehead atoms. The maximum absolute atomic E-state index is 12.7. The fraction of sp³-hybridized carbons (Fsp3) is 0.250. The van der Waals surface area contributed by atoms with E-state index in [4.69, 9.17) is 26.4 Å². The predicted molar refractivity (Wildman–Crippen MR) is 119 cm³/mol. The third kappa shape index (κ3) is 5.15. The van der Waals surface area contributed by atoms with Gasteiger partial charge in [0.25, 0.3) is 0 Å². The van der Waals surface area contributed by atoms with E-state index < -0.39 is 5.92 Å². The molecule has 3 rings (SSSR count). The Labute approximate surface area is 176 Å². The molecule has 3 aromatic rings. The first-order valence-corrected chi connectivity index (χ1v) is 9.98. The zero-order valence-corrected chi connectivity index (χ0v) is 17.1. The minimum absolute atomic E-state index is 0.0312. The summed E-state index contributed by atoms with van der Waals surface area (Å²) in [5, 5.41) is 9.68. The average Bonchev–Trinajstić information content (AvgIpc) is 2.76. The van der Waals surface area contributed by atoms with Crippen molar-refractivity contribution in [3.8, 4) is 5.75 Å². The summed E-state index contributed by atoms with van der Waals surface area (Å²) in [6, 6.07) is 19.2. The van der Waals surface area contributed by atoms with E-state index in [1.54, 1.807) is 6.92 Å². The molecule has 0 aliphatic rings. The molecule has 0 saturated carbocycles. The van der Waals surface area contributed by atoms with Gasteiger partial charge in [0, 0.05) is 12.1 Å². The molecule has 6 nitrogen and oxygen atoms in total. The van der Waals surface area contributed by atoms with E-state index in [0.717, 1.165) is 21.9 Å². The maximum Gasteiger partial charge on any atom is 0.313 e. The largest absolute Gasteiger partial charge is 0.492 e. The van der Waals surface area contributed by atoms with Crippen LogP contribution in [0.1, 0.15) is 29.5 Å². The Balaban J connectivity index is 1.89. The molecule has 0 fully saturated rings. The van der Waals surface area contributed by atoms with Gasteiger partial charge in [-0.15, -0.1) is 0 Å². The zero-order chi connectivity index (χ0) is 21.5. The number of fused-ring (bicyclic) bond motifs is 1. The highest BCUT2D eigenvalue weighted by Crippen LogP contribution is 2.27. The molecule has 1 atom stereocenters. The second-order valence-electron chi connectivity index (χ2n) is 7.02. The second kappa shape index (κ2) is 9.89. The number of rotatable bonds is 9. The molecule has 0 heterocycles. The van der Waals surface area contributed by atoms with Crippen LogP contribution >= 0.6 is 0 Å². The van der Waals surface area contributed by atoms with Gasteiger partial charge in [-0.05, 0) is 53.4 Å². The van der Waals surface area contributed by atoms with Crippen molar-refractivity contribution in [2.75, 3.05) is 19.8 Å². The number of ether oxygens (including phenoxy) is 2. The normalized spacial score (nSPS) is 11.8. The van der Waals surface area contributed by atoms with Crippen LogP contribution in [-0.2, 0) is 16.0 Å². The summed E-state index contributed by atoms with van der Waals surface area (Å²) in [6.07, 6.45) is 0.502. The number of hydrogen-bond donors (Lipinski definition) is 3. The predicted octanol–water partition coefficient (Wildman–Crippen LogP) is 3.35. The molecule has 0 amide bonds. The minimum Gasteiger partial charge on any atom is -0.492 e. The molecular formula is C24H27N3O3. The number of nitrogens with two attached hydrogens (primary N) is 2. The summed E-state index contributed by atoms with van der Waals surface area (Å²) >= 11 is 0. The van der Waals surface area contributed by atoms with Gasteiger partial charge in [0.1, 0.15) is 18.2 Å². The molecule has 0 radical (unpaired) electrons. The number of carbonyl (C=O) groups excluding carboxylic acids is 1. The summed E-state index contributed by atoms with van der Waals surface area (Å²) in [5.74, 6) is 0.0607. The fourth-order valence-corrected chi connectivity index (χ4v) is 3.38. The third-order valence-electron chi connectivity index (χ3n) is 4.90. The van der Waals surface area contributed by atoms with E-state index in [1.165, 1.54) is 0 Å². The van der Waals surface area contributed by atoms with Crippen molar-refractivity contribution in [3.05, 3.63) is 77.4 Å². The van der Waals surface area contributed by atoms with E-state index in [2.05, 4.69) is 0 Å². The van der Waals surface area contributed by atoms with E-state index in [1.807, 2.05) is 60.7 Å². The van der Waals surface area contributed by atoms with Gasteiger partial charge in [-0.2, -0.15) is 0 Å². The van der Waals surface area contributed by atoms with Crippen molar-refractivity contribution in [2.45, 2.75) is 19.3 Å². The van der Waals surface area contributed by atoms with Gasteiger partial charge in [-0.1, -0.05) is 42.5 Å². The average molecular weight is 405 g/mol. The number of carbonyl (C=O) groups is 1. The lowest BCUT2D eigenvalue weighted by molar-refractivity contribution is -0.144. The monoisotopic (exact) mass is 405 g/mol. The number of hydrogen-bond acceptors (Lipinski definition) is 5. The molecule has 0 spiro atoms. The lowest BCUT2D eigenvalue weighted by Gasteiger charge is -2.17. The zero-order valence-electron chi connectivity index (χ0n) is 17.1. The number of benzene rings is 3. The van der Waals surface area contributed by atoms with Crippen LogP contribution in [0.3, 0.4) is 0 Å². The van der Waals surface area contributed by atoms with Crippen molar-refractivity contribution in [2.24, 2.45) is 11.5 Å². The number of esters is 1. The Bertz CT molecular complexity index is 1030. The van der Waals surface area contributed by atoms with Gasteiger partial charge in [-0.25, -0.2) is 0 Å². The molecule has 0 aliphatic heterocycles. The van der Waals surface area contributed by atoms with Crippen molar-refractivity contribution in [1.82, 2.24) is 0 Å². The first-order valence-electron chi connectivity index (χ1n) is 9.98. The Morgan fingerprint density at radius 1 is 1.03 bits per heavy atom. The van der Waals surface area contributed by atoms with Gasteiger partial charge in [0.2, 0.25) is 0 Å². The maximum atomic E-state index is 12.7. The van der Waals surface area contributed by atoms with Crippen LogP contribution in [0.2, 0.25) is 0 Å². The second-order valence-corrected chi connectivity index (χ2v) is 7.02. The van der Waals surface area contributed by atoms with Crippen molar-refractivity contribution in [3.63, 3.8) is 0 Å². The molecule has 6 heteroatoms. The van der Waals surface area contributed by atoms with Crippen LogP contribution in [0.25, 0.3) is 10.8 Å². The standard InChI is InChI=1S/C24H27N3O3/c1-2-29-24(28)22(18-7-9-21(10-8-18)30-12-11-25)14-16-3-4-17-5-6-19(23(26)27)15-20(17)13-16/h3-10,13,15,22H,2,11-12,14,25H2,1H3,(H3,26,27). The lowest BCUT2D eigenvalue weighted by atomic mass is 9.91. The van der Waals surface area contributed by atoms with Crippen LogP contribution in [-0.4, -0.2) is 31.6 Å². The van der Waals surface area contributed by atoms with Crippen molar-refractivity contribution >= 4 is 22.6 Å². The Morgan fingerprint density at radius 2 is 1.77 bits per heavy atom.